The molecule has 18 heavy (non-hydrogen) atoms. The van der Waals surface area contributed by atoms with Crippen molar-refractivity contribution in [3.05, 3.63) is 0 Å². The molecule has 7 nitrogen and oxygen atoms in total. The van der Waals surface area contributed by atoms with Gasteiger partial charge in [-0.2, -0.15) is 0 Å². The Morgan fingerprint density at radius 2 is 2.00 bits per heavy atom. The van der Waals surface area contributed by atoms with Gasteiger partial charge >= 0.3 is 110 Å². The van der Waals surface area contributed by atoms with Crippen molar-refractivity contribution in [1.29, 1.82) is 0 Å². The van der Waals surface area contributed by atoms with E-state index in [1.807, 2.05) is 13.8 Å². The standard InChI is InChI=1S/C9H18NO6PSe/c1-7(2)8(9(11)14-3)10-4-17(12)5-15-18(13)16-6-17/h7-8,10H,4-6H2,1-3H3/t8-,17?,18?/m0/s1. The van der Waals surface area contributed by atoms with Crippen molar-refractivity contribution in [3.63, 3.8) is 0 Å². The SMILES string of the molecule is COC(=O)[C@@H](NCP1(=O)CO[Se](=O)OC1)C(C)C. The number of hydrogen-bond donors (Lipinski definition) is 1. The molecule has 0 aliphatic carbocycles. The molecule has 1 aliphatic heterocycles. The maximum atomic E-state index is 12.2. The predicted octanol–water partition coefficient (Wildman–Crippen LogP) is 0.471. The van der Waals surface area contributed by atoms with E-state index in [1.165, 1.54) is 7.11 Å². The van der Waals surface area contributed by atoms with Crippen LogP contribution in [0.4, 0.5) is 0 Å². The minimum atomic E-state index is -2.73. The van der Waals surface area contributed by atoms with Gasteiger partial charge in [0.1, 0.15) is 0 Å². The third-order valence-electron chi connectivity index (χ3n) is 2.49. The predicted molar refractivity (Wildman–Crippen MR) is 64.6 cm³/mol. The molecule has 0 spiro atoms. The molecule has 1 rings (SSSR count). The Morgan fingerprint density at radius 3 is 2.44 bits per heavy atom. The van der Waals surface area contributed by atoms with Crippen LogP contribution in [-0.4, -0.2) is 52.6 Å². The average molecular weight is 346 g/mol. The topological polar surface area (TPSA) is 90.9 Å². The Kier molecular flexibility index (Phi) is 6.11. The molecule has 0 amide bonds. The van der Waals surface area contributed by atoms with Crippen LogP contribution >= 0.6 is 7.14 Å². The molecule has 0 aromatic carbocycles. The van der Waals surface area contributed by atoms with Crippen LogP contribution in [0.5, 0.6) is 0 Å². The molecule has 1 fully saturated rings. The third kappa shape index (κ3) is 4.53. The van der Waals surface area contributed by atoms with Crippen molar-refractivity contribution in [3.8, 4) is 0 Å². The fraction of sp³-hybridized carbons (Fsp3) is 0.889. The van der Waals surface area contributed by atoms with Crippen LogP contribution in [0.15, 0.2) is 0 Å². The Bertz CT molecular complexity index is 360. The summed E-state index contributed by atoms with van der Waals surface area (Å²) in [5.41, 5.74) is 0. The van der Waals surface area contributed by atoms with Crippen molar-refractivity contribution in [2.75, 3.05) is 26.1 Å². The number of carbonyl (C=O) groups excluding carboxylic acids is 1. The summed E-state index contributed by atoms with van der Waals surface area (Å²) in [4.78, 5) is 11.5. The zero-order chi connectivity index (χ0) is 13.8. The summed E-state index contributed by atoms with van der Waals surface area (Å²) in [5.74, 6) is -0.387. The van der Waals surface area contributed by atoms with Gasteiger partial charge in [0.2, 0.25) is 0 Å². The molecule has 9 heteroatoms. The zero-order valence-corrected chi connectivity index (χ0v) is 13.2. The molecule has 0 aromatic heterocycles. The summed E-state index contributed by atoms with van der Waals surface area (Å²) in [6.45, 7) is 3.72. The van der Waals surface area contributed by atoms with E-state index >= 15 is 0 Å². The molecule has 1 aliphatic rings. The first kappa shape index (κ1) is 16.0. The first-order chi connectivity index (χ1) is 8.38. The molecule has 0 saturated carbocycles. The molecule has 1 atom stereocenters. The number of carbonyl (C=O) groups is 1. The second-order valence-electron chi connectivity index (χ2n) is 4.36. The van der Waals surface area contributed by atoms with E-state index in [4.69, 9.17) is 7.64 Å². The van der Waals surface area contributed by atoms with Gasteiger partial charge in [-0.25, -0.2) is 0 Å². The maximum absolute atomic E-state index is 12.2. The average Bonchev–Trinajstić information content (AvgIpc) is 2.33. The molecular weight excluding hydrogens is 328 g/mol. The Balaban J connectivity index is 2.54. The number of esters is 1. The van der Waals surface area contributed by atoms with Crippen LogP contribution in [0, 0.1) is 5.92 Å². The number of methoxy groups -OCH3 is 1. The number of ether oxygens (including phenoxy) is 1. The fourth-order valence-corrected chi connectivity index (χ4v) is 6.41. The van der Waals surface area contributed by atoms with E-state index in [1.54, 1.807) is 0 Å². The van der Waals surface area contributed by atoms with Crippen molar-refractivity contribution >= 4 is 27.6 Å². The molecule has 1 saturated heterocycles. The van der Waals surface area contributed by atoms with Crippen molar-refractivity contribution in [2.45, 2.75) is 19.9 Å². The monoisotopic (exact) mass is 347 g/mol. The molecule has 0 aromatic rings. The van der Waals surface area contributed by atoms with Gasteiger partial charge in [-0.05, 0) is 0 Å². The summed E-state index contributed by atoms with van der Waals surface area (Å²) in [7, 11) is -1.42. The molecule has 0 radical (unpaired) electrons. The summed E-state index contributed by atoms with van der Waals surface area (Å²) in [6, 6.07) is -0.526. The number of nitrogens with one attached hydrogen (secondary N) is 1. The van der Waals surface area contributed by atoms with Gasteiger partial charge < -0.3 is 0 Å². The van der Waals surface area contributed by atoms with Gasteiger partial charge in [0.25, 0.3) is 0 Å². The van der Waals surface area contributed by atoms with E-state index < -0.39 is 33.6 Å². The van der Waals surface area contributed by atoms with Crippen LogP contribution in [0.3, 0.4) is 0 Å². The minimum absolute atomic E-state index is 0.0105. The van der Waals surface area contributed by atoms with Crippen LogP contribution < -0.4 is 5.32 Å². The van der Waals surface area contributed by atoms with Gasteiger partial charge in [0.05, 0.1) is 0 Å². The van der Waals surface area contributed by atoms with E-state index in [2.05, 4.69) is 10.1 Å². The van der Waals surface area contributed by atoms with E-state index in [-0.39, 0.29) is 24.9 Å². The molecule has 0 bridgehead atoms. The van der Waals surface area contributed by atoms with Crippen LogP contribution in [0.1, 0.15) is 13.8 Å². The van der Waals surface area contributed by atoms with Crippen LogP contribution in [0.25, 0.3) is 0 Å². The van der Waals surface area contributed by atoms with Crippen molar-refractivity contribution in [1.82, 2.24) is 5.32 Å². The summed E-state index contributed by atoms with van der Waals surface area (Å²) < 4.78 is 37.4. The third-order valence-corrected chi connectivity index (χ3v) is 6.53. The summed E-state index contributed by atoms with van der Waals surface area (Å²) in [5, 5.41) is 2.91. The van der Waals surface area contributed by atoms with E-state index in [0.717, 1.165) is 0 Å². The number of rotatable bonds is 5. The second-order valence-corrected chi connectivity index (χ2v) is 9.16. The van der Waals surface area contributed by atoms with E-state index in [9.17, 15) is 13.2 Å². The normalized spacial score (nSPS) is 30.1. The molecule has 106 valence electrons. The van der Waals surface area contributed by atoms with Gasteiger partial charge in [-0.1, -0.05) is 0 Å². The summed E-state index contributed by atoms with van der Waals surface area (Å²) in [6.07, 6.45) is -0.0376. The quantitative estimate of drug-likeness (QED) is 0.440. The first-order valence-corrected chi connectivity index (χ1v) is 9.80. The molecule has 1 N–H and O–H groups in total. The molecular formula is C9H18NO6PSe. The van der Waals surface area contributed by atoms with Crippen LogP contribution in [0.2, 0.25) is 0 Å². The van der Waals surface area contributed by atoms with Crippen molar-refractivity contribution < 1.29 is 25.6 Å². The molecule has 1 heterocycles. The van der Waals surface area contributed by atoms with E-state index in [0.29, 0.717) is 0 Å². The van der Waals surface area contributed by atoms with Gasteiger partial charge in [-0.3, -0.25) is 0 Å². The van der Waals surface area contributed by atoms with Gasteiger partial charge in [0, 0.05) is 0 Å². The molecule has 0 unspecified atom stereocenters. The number of hydrogen-bond acceptors (Lipinski definition) is 7. The fourth-order valence-electron chi connectivity index (χ4n) is 1.42. The first-order valence-electron chi connectivity index (χ1n) is 5.44. The zero-order valence-electron chi connectivity index (χ0n) is 10.6. The Labute approximate surface area is 111 Å². The van der Waals surface area contributed by atoms with Crippen LogP contribution in [-0.2, 0) is 25.6 Å². The van der Waals surface area contributed by atoms with Gasteiger partial charge in [-0.15, -0.1) is 0 Å². The summed E-state index contributed by atoms with van der Waals surface area (Å²) >= 11 is -2.69. The Morgan fingerprint density at radius 1 is 1.44 bits per heavy atom. The van der Waals surface area contributed by atoms with Gasteiger partial charge in [0.15, 0.2) is 0 Å². The van der Waals surface area contributed by atoms with Crippen molar-refractivity contribution in [2.24, 2.45) is 5.92 Å². The second kappa shape index (κ2) is 6.89. The Hall–Kier alpha value is -0.101.